The molecule has 0 aliphatic carbocycles. The van der Waals surface area contributed by atoms with E-state index < -0.39 is 5.41 Å². The van der Waals surface area contributed by atoms with Gasteiger partial charge in [-0.15, -0.1) is 0 Å². The lowest BCUT2D eigenvalue weighted by molar-refractivity contribution is -0.141. The predicted octanol–water partition coefficient (Wildman–Crippen LogP) is 2.49. The van der Waals surface area contributed by atoms with Crippen molar-refractivity contribution >= 4 is 11.7 Å². The van der Waals surface area contributed by atoms with Crippen LogP contribution in [-0.4, -0.2) is 55.2 Å². The first-order chi connectivity index (χ1) is 14.1. The first-order valence-electron chi connectivity index (χ1n) is 9.87. The van der Waals surface area contributed by atoms with Gasteiger partial charge in [0.1, 0.15) is 17.7 Å². The van der Waals surface area contributed by atoms with Crippen LogP contribution in [0.5, 0.6) is 0 Å². The summed E-state index contributed by atoms with van der Waals surface area (Å²) in [4.78, 5) is 21.9. The van der Waals surface area contributed by atoms with E-state index in [1.165, 1.54) is 12.1 Å². The van der Waals surface area contributed by atoms with E-state index >= 15 is 0 Å². The van der Waals surface area contributed by atoms with E-state index in [2.05, 4.69) is 16.0 Å². The van der Waals surface area contributed by atoms with E-state index in [1.807, 2.05) is 4.90 Å². The van der Waals surface area contributed by atoms with E-state index in [1.54, 1.807) is 30.5 Å². The molecule has 0 unspecified atom stereocenters. The molecule has 2 aromatic rings. The van der Waals surface area contributed by atoms with Gasteiger partial charge in [-0.3, -0.25) is 4.79 Å². The quantitative estimate of drug-likeness (QED) is 0.800. The molecule has 0 atom stereocenters. The van der Waals surface area contributed by atoms with Gasteiger partial charge in [-0.2, -0.15) is 5.26 Å². The zero-order valence-corrected chi connectivity index (χ0v) is 16.2. The third-order valence-electron chi connectivity index (χ3n) is 5.93. The molecule has 1 aromatic heterocycles. The normalized spacial score (nSPS) is 18.9. The van der Waals surface area contributed by atoms with Gasteiger partial charge < -0.3 is 14.5 Å². The van der Waals surface area contributed by atoms with Crippen molar-refractivity contribution in [2.45, 2.75) is 18.3 Å². The van der Waals surface area contributed by atoms with Gasteiger partial charge in [-0.25, -0.2) is 9.37 Å². The molecule has 4 rings (SSSR count). The number of pyridine rings is 1. The maximum Gasteiger partial charge on any atom is 0.233 e. The first kappa shape index (κ1) is 19.3. The average Bonchev–Trinajstić information content (AvgIpc) is 2.79. The minimum atomic E-state index is -0.670. The van der Waals surface area contributed by atoms with Gasteiger partial charge >= 0.3 is 0 Å². The third-order valence-corrected chi connectivity index (χ3v) is 5.93. The number of aromatic nitrogens is 1. The maximum absolute atomic E-state index is 13.6. The molecule has 0 radical (unpaired) electrons. The van der Waals surface area contributed by atoms with Crippen LogP contribution in [0.25, 0.3) is 0 Å². The summed E-state index contributed by atoms with van der Waals surface area (Å²) in [6, 6.07) is 12.0. The summed E-state index contributed by atoms with van der Waals surface area (Å²) >= 11 is 0. The van der Waals surface area contributed by atoms with Crippen LogP contribution in [0.4, 0.5) is 10.2 Å². The van der Waals surface area contributed by atoms with Crippen molar-refractivity contribution in [3.63, 3.8) is 0 Å². The Hall–Kier alpha value is -2.98. The summed E-state index contributed by atoms with van der Waals surface area (Å²) in [5, 5.41) is 9.32. The van der Waals surface area contributed by atoms with Crippen molar-refractivity contribution in [1.82, 2.24) is 9.88 Å². The van der Waals surface area contributed by atoms with Gasteiger partial charge in [0.25, 0.3) is 0 Å². The number of nitriles is 1. The van der Waals surface area contributed by atoms with Crippen LogP contribution in [0.1, 0.15) is 24.0 Å². The molecular weight excluding hydrogens is 371 g/mol. The number of anilines is 1. The SMILES string of the molecule is N#Cc1cccnc1N1CCN(C(=O)C2(c3ccc(F)cc3)CCOCC2)CC1. The second kappa shape index (κ2) is 8.18. The van der Waals surface area contributed by atoms with Gasteiger partial charge in [0.15, 0.2) is 0 Å². The molecule has 29 heavy (non-hydrogen) atoms. The predicted molar refractivity (Wildman–Crippen MR) is 106 cm³/mol. The lowest BCUT2D eigenvalue weighted by Crippen LogP contribution is -2.56. The van der Waals surface area contributed by atoms with E-state index in [-0.39, 0.29) is 11.7 Å². The summed E-state index contributed by atoms with van der Waals surface area (Å²) in [6.07, 6.45) is 2.87. The van der Waals surface area contributed by atoms with Gasteiger partial charge in [-0.1, -0.05) is 12.1 Å². The van der Waals surface area contributed by atoms with Crippen molar-refractivity contribution in [3.8, 4) is 6.07 Å². The fraction of sp³-hybridized carbons (Fsp3) is 0.409. The van der Waals surface area contributed by atoms with Crippen molar-refractivity contribution in [2.24, 2.45) is 0 Å². The van der Waals surface area contributed by atoms with Crippen molar-refractivity contribution in [2.75, 3.05) is 44.3 Å². The molecule has 2 aliphatic rings. The van der Waals surface area contributed by atoms with Gasteiger partial charge in [-0.05, 0) is 42.7 Å². The topological polar surface area (TPSA) is 69.5 Å². The summed E-state index contributed by atoms with van der Waals surface area (Å²) in [6.45, 7) is 3.39. The summed E-state index contributed by atoms with van der Waals surface area (Å²) < 4.78 is 19.0. The summed E-state index contributed by atoms with van der Waals surface area (Å²) in [5.41, 5.74) is 0.724. The molecule has 150 valence electrons. The smallest absolute Gasteiger partial charge is 0.233 e. The van der Waals surface area contributed by atoms with Crippen LogP contribution in [0.3, 0.4) is 0 Å². The lowest BCUT2D eigenvalue weighted by atomic mass is 9.73. The second-order valence-corrected chi connectivity index (χ2v) is 7.47. The molecule has 3 heterocycles. The van der Waals surface area contributed by atoms with Crippen molar-refractivity contribution in [1.29, 1.82) is 5.26 Å². The Labute approximate surface area is 169 Å². The molecule has 1 amide bonds. The maximum atomic E-state index is 13.6. The van der Waals surface area contributed by atoms with Crippen LogP contribution in [0.15, 0.2) is 42.6 Å². The number of nitrogens with zero attached hydrogens (tertiary/aromatic N) is 4. The minimum absolute atomic E-state index is 0.0774. The highest BCUT2D eigenvalue weighted by Gasteiger charge is 2.44. The molecular formula is C22H23FN4O2. The van der Waals surface area contributed by atoms with Crippen molar-refractivity contribution < 1.29 is 13.9 Å². The van der Waals surface area contributed by atoms with Crippen molar-refractivity contribution in [3.05, 3.63) is 59.5 Å². The fourth-order valence-corrected chi connectivity index (χ4v) is 4.28. The Bertz CT molecular complexity index is 911. The number of piperazine rings is 1. The van der Waals surface area contributed by atoms with E-state index in [4.69, 9.17) is 4.74 Å². The summed E-state index contributed by atoms with van der Waals surface area (Å²) in [5.74, 6) is 0.440. The number of benzene rings is 1. The molecule has 7 heteroatoms. The number of rotatable bonds is 3. The highest BCUT2D eigenvalue weighted by Crippen LogP contribution is 2.37. The Morgan fingerprint density at radius 2 is 1.79 bits per heavy atom. The highest BCUT2D eigenvalue weighted by atomic mass is 19.1. The first-order valence-corrected chi connectivity index (χ1v) is 9.87. The zero-order valence-electron chi connectivity index (χ0n) is 16.2. The molecule has 2 aliphatic heterocycles. The molecule has 0 N–H and O–H groups in total. The monoisotopic (exact) mass is 394 g/mol. The van der Waals surface area contributed by atoms with Crippen LogP contribution < -0.4 is 4.90 Å². The van der Waals surface area contributed by atoms with Gasteiger partial charge in [0.05, 0.1) is 11.0 Å². The van der Waals surface area contributed by atoms with Gasteiger partial charge in [0, 0.05) is 45.6 Å². The Morgan fingerprint density at radius 1 is 1.10 bits per heavy atom. The highest BCUT2D eigenvalue weighted by molar-refractivity contribution is 5.88. The minimum Gasteiger partial charge on any atom is -0.381 e. The number of halogens is 1. The third kappa shape index (κ3) is 3.68. The number of hydrogen-bond donors (Lipinski definition) is 0. The Kier molecular flexibility index (Phi) is 5.45. The molecule has 2 saturated heterocycles. The fourth-order valence-electron chi connectivity index (χ4n) is 4.28. The van der Waals surface area contributed by atoms with E-state index in [0.29, 0.717) is 63.6 Å². The van der Waals surface area contributed by atoms with Crippen LogP contribution >= 0.6 is 0 Å². The van der Waals surface area contributed by atoms with Crippen LogP contribution in [0, 0.1) is 17.1 Å². The number of ether oxygens (including phenoxy) is 1. The Morgan fingerprint density at radius 3 is 2.45 bits per heavy atom. The van der Waals surface area contributed by atoms with E-state index in [9.17, 15) is 14.4 Å². The average molecular weight is 394 g/mol. The number of hydrogen-bond acceptors (Lipinski definition) is 5. The zero-order chi connectivity index (χ0) is 20.3. The number of carbonyl (C=O) groups excluding carboxylic acids is 1. The van der Waals surface area contributed by atoms with E-state index in [0.717, 1.165) is 5.56 Å². The Balaban J connectivity index is 1.53. The standard InChI is InChI=1S/C22H23FN4O2/c23-19-5-3-18(4-6-19)22(7-14-29-15-8-22)21(28)27-12-10-26(11-13-27)20-17(16-24)2-1-9-25-20/h1-6,9H,7-8,10-15H2. The molecule has 0 saturated carbocycles. The lowest BCUT2D eigenvalue weighted by Gasteiger charge is -2.43. The number of amides is 1. The second-order valence-electron chi connectivity index (χ2n) is 7.47. The summed E-state index contributed by atoms with van der Waals surface area (Å²) in [7, 11) is 0. The number of carbonyl (C=O) groups is 1. The molecule has 0 bridgehead atoms. The van der Waals surface area contributed by atoms with Crippen LogP contribution in [-0.2, 0) is 14.9 Å². The largest absolute Gasteiger partial charge is 0.381 e. The molecule has 6 nitrogen and oxygen atoms in total. The van der Waals surface area contributed by atoms with Crippen LogP contribution in [0.2, 0.25) is 0 Å². The van der Waals surface area contributed by atoms with Gasteiger partial charge in [0.2, 0.25) is 5.91 Å². The molecule has 1 aromatic carbocycles. The molecule has 2 fully saturated rings. The molecule has 0 spiro atoms.